The average molecular weight is 383 g/mol. The number of nitrogens with zero attached hydrogens (tertiary/aromatic N) is 3. The number of carbonyl (C=O) groups excluding carboxylic acids is 1. The second-order valence-electron chi connectivity index (χ2n) is 5.65. The highest BCUT2D eigenvalue weighted by atomic mass is 32.2. The van der Waals surface area contributed by atoms with E-state index in [0.29, 0.717) is 36.3 Å². The van der Waals surface area contributed by atoms with Gasteiger partial charge in [0, 0.05) is 26.2 Å². The highest BCUT2D eigenvalue weighted by Gasteiger charge is 2.31. The van der Waals surface area contributed by atoms with Gasteiger partial charge in [-0.25, -0.2) is 12.8 Å². The maximum atomic E-state index is 13.0. The Hall–Kier alpha value is -1.71. The van der Waals surface area contributed by atoms with Gasteiger partial charge >= 0.3 is 0 Å². The third-order valence-corrected chi connectivity index (χ3v) is 6.97. The molecule has 0 unspecified atom stereocenters. The van der Waals surface area contributed by atoms with Crippen LogP contribution in [-0.4, -0.2) is 60.6 Å². The Morgan fingerprint density at radius 3 is 2.44 bits per heavy atom. The van der Waals surface area contributed by atoms with Gasteiger partial charge < -0.3 is 4.90 Å². The molecule has 25 heavy (non-hydrogen) atoms. The molecule has 3 rings (SSSR count). The molecule has 1 fully saturated rings. The lowest BCUT2D eigenvalue weighted by Crippen LogP contribution is -2.50. The molecule has 1 amide bonds. The van der Waals surface area contributed by atoms with Crippen molar-refractivity contribution in [3.05, 3.63) is 40.6 Å². The second kappa shape index (κ2) is 7.27. The predicted molar refractivity (Wildman–Crippen MR) is 97.0 cm³/mol. The average Bonchev–Trinajstić information content (AvgIpc) is 2.98. The fourth-order valence-corrected chi connectivity index (χ4v) is 4.63. The number of benzene rings is 1. The van der Waals surface area contributed by atoms with Crippen molar-refractivity contribution in [3.8, 4) is 0 Å². The van der Waals surface area contributed by atoms with Crippen molar-refractivity contribution >= 4 is 38.9 Å². The SMILES string of the molecule is CCS(=O)(=O)N1CCN(C2=NC(=O)C(=Cc3ccc(F)cc3)S2)CC1. The van der Waals surface area contributed by atoms with Crippen LogP contribution in [0.2, 0.25) is 0 Å². The van der Waals surface area contributed by atoms with Crippen molar-refractivity contribution in [2.75, 3.05) is 31.9 Å². The van der Waals surface area contributed by atoms with E-state index in [-0.39, 0.29) is 17.5 Å². The minimum Gasteiger partial charge on any atom is -0.348 e. The first-order valence-electron chi connectivity index (χ1n) is 7.90. The van der Waals surface area contributed by atoms with E-state index in [1.54, 1.807) is 25.1 Å². The molecule has 134 valence electrons. The van der Waals surface area contributed by atoms with Crippen molar-refractivity contribution in [2.45, 2.75) is 6.92 Å². The molecule has 1 saturated heterocycles. The molecule has 0 saturated carbocycles. The molecule has 2 heterocycles. The number of sulfonamides is 1. The highest BCUT2D eigenvalue weighted by Crippen LogP contribution is 2.30. The monoisotopic (exact) mass is 383 g/mol. The topological polar surface area (TPSA) is 70.1 Å². The molecule has 0 aromatic heterocycles. The van der Waals surface area contributed by atoms with Gasteiger partial charge in [0.05, 0.1) is 10.7 Å². The first kappa shape index (κ1) is 18.1. The zero-order chi connectivity index (χ0) is 18.0. The summed E-state index contributed by atoms with van der Waals surface area (Å²) in [6, 6.07) is 5.88. The largest absolute Gasteiger partial charge is 0.348 e. The molecule has 1 aromatic carbocycles. The van der Waals surface area contributed by atoms with Crippen LogP contribution in [0.3, 0.4) is 0 Å². The number of thioether (sulfide) groups is 1. The summed E-state index contributed by atoms with van der Waals surface area (Å²) in [7, 11) is -3.18. The van der Waals surface area contributed by atoms with Gasteiger partial charge in [0.1, 0.15) is 5.82 Å². The Kier molecular flexibility index (Phi) is 5.26. The summed E-state index contributed by atoms with van der Waals surface area (Å²) in [4.78, 5) is 18.6. The smallest absolute Gasteiger partial charge is 0.286 e. The van der Waals surface area contributed by atoms with Crippen LogP contribution in [0.4, 0.5) is 4.39 Å². The number of rotatable bonds is 3. The number of amides is 1. The molecule has 0 spiro atoms. The van der Waals surface area contributed by atoms with E-state index < -0.39 is 10.0 Å². The van der Waals surface area contributed by atoms with Gasteiger partial charge in [-0.15, -0.1) is 0 Å². The Labute approximate surface area is 150 Å². The summed E-state index contributed by atoms with van der Waals surface area (Å²) >= 11 is 1.26. The van der Waals surface area contributed by atoms with E-state index in [0.717, 1.165) is 5.56 Å². The first-order valence-corrected chi connectivity index (χ1v) is 10.3. The maximum absolute atomic E-state index is 13.0. The second-order valence-corrected chi connectivity index (χ2v) is 8.92. The van der Waals surface area contributed by atoms with Crippen LogP contribution < -0.4 is 0 Å². The molecule has 0 N–H and O–H groups in total. The number of halogens is 1. The summed E-state index contributed by atoms with van der Waals surface area (Å²) in [5.74, 6) is -0.566. The summed E-state index contributed by atoms with van der Waals surface area (Å²) in [5.41, 5.74) is 0.729. The molecule has 0 atom stereocenters. The molecule has 2 aliphatic heterocycles. The van der Waals surface area contributed by atoms with Crippen LogP contribution in [0.5, 0.6) is 0 Å². The van der Waals surface area contributed by atoms with E-state index in [1.807, 2.05) is 4.90 Å². The van der Waals surface area contributed by atoms with Gasteiger partial charge in [-0.1, -0.05) is 12.1 Å². The van der Waals surface area contributed by atoms with Crippen molar-refractivity contribution in [2.24, 2.45) is 4.99 Å². The van der Waals surface area contributed by atoms with E-state index in [1.165, 1.54) is 28.2 Å². The third kappa shape index (κ3) is 4.10. The quantitative estimate of drug-likeness (QED) is 0.744. The van der Waals surface area contributed by atoms with Crippen LogP contribution in [0, 0.1) is 5.82 Å². The fraction of sp³-hybridized carbons (Fsp3) is 0.375. The summed E-state index contributed by atoms with van der Waals surface area (Å²) < 4.78 is 38.2. The Bertz CT molecular complexity index is 827. The van der Waals surface area contributed by atoms with Crippen LogP contribution in [0.15, 0.2) is 34.2 Å². The number of aliphatic imine (C=N–C) groups is 1. The molecule has 9 heteroatoms. The number of carbonyl (C=O) groups is 1. The van der Waals surface area contributed by atoms with E-state index in [9.17, 15) is 17.6 Å². The van der Waals surface area contributed by atoms with Gasteiger partial charge in [0.25, 0.3) is 5.91 Å². The first-order chi connectivity index (χ1) is 11.9. The highest BCUT2D eigenvalue weighted by molar-refractivity contribution is 8.18. The molecule has 2 aliphatic rings. The minimum absolute atomic E-state index is 0.0890. The molecule has 0 bridgehead atoms. The van der Waals surface area contributed by atoms with Gasteiger partial charge in [0.2, 0.25) is 10.0 Å². The third-order valence-electron chi connectivity index (χ3n) is 4.04. The lowest BCUT2D eigenvalue weighted by molar-refractivity contribution is -0.113. The zero-order valence-corrected chi connectivity index (χ0v) is 15.3. The van der Waals surface area contributed by atoms with E-state index in [2.05, 4.69) is 4.99 Å². The van der Waals surface area contributed by atoms with Crippen LogP contribution in [0.1, 0.15) is 12.5 Å². The number of amidine groups is 1. The molecular formula is C16H18FN3O3S2. The molecule has 1 aromatic rings. The summed E-state index contributed by atoms with van der Waals surface area (Å²) in [5, 5.41) is 0.590. The van der Waals surface area contributed by atoms with E-state index >= 15 is 0 Å². The van der Waals surface area contributed by atoms with Gasteiger partial charge in [-0.2, -0.15) is 9.30 Å². The lowest BCUT2D eigenvalue weighted by atomic mass is 10.2. The Balaban J connectivity index is 1.65. The lowest BCUT2D eigenvalue weighted by Gasteiger charge is -2.34. The van der Waals surface area contributed by atoms with Gasteiger partial charge in [-0.3, -0.25) is 4.79 Å². The molecule has 0 aliphatic carbocycles. The van der Waals surface area contributed by atoms with Crippen LogP contribution in [0.25, 0.3) is 6.08 Å². The molecule has 0 radical (unpaired) electrons. The van der Waals surface area contributed by atoms with Crippen molar-refractivity contribution in [1.29, 1.82) is 0 Å². The predicted octanol–water partition coefficient (Wildman–Crippen LogP) is 1.76. The standard InChI is InChI=1S/C16H18FN3O3S2/c1-2-25(22,23)20-9-7-19(8-10-20)16-18-15(21)14(24-16)11-12-3-5-13(17)6-4-12/h3-6,11H,2,7-10H2,1H3. The van der Waals surface area contributed by atoms with Crippen LogP contribution in [-0.2, 0) is 14.8 Å². The van der Waals surface area contributed by atoms with Crippen molar-refractivity contribution in [3.63, 3.8) is 0 Å². The van der Waals surface area contributed by atoms with Crippen molar-refractivity contribution in [1.82, 2.24) is 9.21 Å². The number of hydrogen-bond acceptors (Lipinski definition) is 5. The summed E-state index contributed by atoms with van der Waals surface area (Å²) in [6.07, 6.45) is 1.68. The van der Waals surface area contributed by atoms with Gasteiger partial charge in [0.15, 0.2) is 5.17 Å². The van der Waals surface area contributed by atoms with Gasteiger partial charge in [-0.05, 0) is 42.5 Å². The minimum atomic E-state index is -3.18. The molecule has 6 nitrogen and oxygen atoms in total. The number of hydrogen-bond donors (Lipinski definition) is 0. The Morgan fingerprint density at radius 1 is 1.20 bits per heavy atom. The zero-order valence-electron chi connectivity index (χ0n) is 13.7. The Morgan fingerprint density at radius 2 is 1.84 bits per heavy atom. The van der Waals surface area contributed by atoms with E-state index in [4.69, 9.17) is 0 Å². The maximum Gasteiger partial charge on any atom is 0.286 e. The number of piperazine rings is 1. The normalized spacial score (nSPS) is 21.0. The molecular weight excluding hydrogens is 365 g/mol. The summed E-state index contributed by atoms with van der Waals surface area (Å²) in [6.45, 7) is 3.41. The fourth-order valence-electron chi connectivity index (χ4n) is 2.58. The van der Waals surface area contributed by atoms with Crippen molar-refractivity contribution < 1.29 is 17.6 Å². The van der Waals surface area contributed by atoms with Crippen LogP contribution >= 0.6 is 11.8 Å².